The first-order chi connectivity index (χ1) is 19.1. The van der Waals surface area contributed by atoms with Crippen LogP contribution in [0.25, 0.3) is 6.08 Å². The maximum absolute atomic E-state index is 13.0. The van der Waals surface area contributed by atoms with Crippen LogP contribution in [0.3, 0.4) is 0 Å². The van der Waals surface area contributed by atoms with Gasteiger partial charge in [0.1, 0.15) is 18.1 Å². The molecule has 1 aromatic heterocycles. The first-order valence-electron chi connectivity index (χ1n) is 11.6. The Labute approximate surface area is 237 Å². The standard InChI is InChI=1S/C26H21Cl2N3O9/c1-3-38-22-10-14(9-20(31(35)36)23(22)39-13-15-4-5-16(27)11-18(15)28)8-19-24(32)30(26(34)29-19)12-17-6-7-21(40-17)25(33)37-2/h4-11H,3,12-13H2,1-2H3,(H,29,34)/b19-8-. The molecule has 1 saturated heterocycles. The molecule has 40 heavy (non-hydrogen) atoms. The number of amides is 3. The number of rotatable bonds is 10. The van der Waals surface area contributed by atoms with E-state index in [9.17, 15) is 24.5 Å². The number of furan rings is 1. The van der Waals surface area contributed by atoms with Crippen LogP contribution in [0.2, 0.25) is 10.0 Å². The van der Waals surface area contributed by atoms with E-state index in [1.807, 2.05) is 0 Å². The molecule has 0 bridgehead atoms. The van der Waals surface area contributed by atoms with Crippen LogP contribution in [0, 0.1) is 10.1 Å². The summed E-state index contributed by atoms with van der Waals surface area (Å²) in [5, 5.41) is 15.1. The van der Waals surface area contributed by atoms with Gasteiger partial charge in [-0.15, -0.1) is 0 Å². The Balaban J connectivity index is 1.61. The zero-order valence-corrected chi connectivity index (χ0v) is 22.6. The lowest BCUT2D eigenvalue weighted by Crippen LogP contribution is -2.30. The van der Waals surface area contributed by atoms with Crippen molar-refractivity contribution in [1.29, 1.82) is 0 Å². The normalized spacial score (nSPS) is 13.9. The molecule has 12 nitrogen and oxygen atoms in total. The van der Waals surface area contributed by atoms with Gasteiger partial charge in [0, 0.05) is 21.7 Å². The maximum Gasteiger partial charge on any atom is 0.373 e. The minimum absolute atomic E-state index is 0.0492. The summed E-state index contributed by atoms with van der Waals surface area (Å²) in [4.78, 5) is 49.2. The molecule has 1 fully saturated rings. The van der Waals surface area contributed by atoms with E-state index in [1.54, 1.807) is 19.1 Å². The molecule has 0 atom stereocenters. The third-order valence-corrected chi connectivity index (χ3v) is 6.16. The highest BCUT2D eigenvalue weighted by atomic mass is 35.5. The van der Waals surface area contributed by atoms with Crippen LogP contribution in [-0.4, -0.2) is 41.4 Å². The third-order valence-electron chi connectivity index (χ3n) is 5.58. The molecule has 1 aliphatic heterocycles. The smallest absolute Gasteiger partial charge is 0.373 e. The van der Waals surface area contributed by atoms with E-state index in [4.69, 9.17) is 37.1 Å². The number of nitro benzene ring substituents is 1. The van der Waals surface area contributed by atoms with E-state index in [2.05, 4.69) is 10.1 Å². The number of ether oxygens (including phenoxy) is 3. The topological polar surface area (TPSA) is 150 Å². The fourth-order valence-electron chi connectivity index (χ4n) is 3.73. The SMILES string of the molecule is CCOc1cc(/C=C2\NC(=O)N(Cc3ccc(C(=O)OC)o3)C2=O)cc([N+](=O)[O-])c1OCc1ccc(Cl)cc1Cl. The van der Waals surface area contributed by atoms with E-state index in [-0.39, 0.29) is 54.0 Å². The second kappa shape index (κ2) is 12.1. The van der Waals surface area contributed by atoms with Crippen molar-refractivity contribution in [2.75, 3.05) is 13.7 Å². The number of esters is 1. The summed E-state index contributed by atoms with van der Waals surface area (Å²) in [5.74, 6) is -1.42. The molecule has 0 radical (unpaired) electrons. The minimum atomic E-state index is -0.744. The molecule has 1 N–H and O–H groups in total. The van der Waals surface area contributed by atoms with Crippen molar-refractivity contribution >= 4 is 52.9 Å². The van der Waals surface area contributed by atoms with Crippen molar-refractivity contribution in [2.45, 2.75) is 20.1 Å². The lowest BCUT2D eigenvalue weighted by molar-refractivity contribution is -0.386. The summed E-state index contributed by atoms with van der Waals surface area (Å²) in [6.07, 6.45) is 1.28. The molecule has 2 aromatic carbocycles. The van der Waals surface area contributed by atoms with Crippen molar-refractivity contribution in [3.63, 3.8) is 0 Å². The Bertz CT molecular complexity index is 1530. The Morgan fingerprint density at radius 3 is 2.60 bits per heavy atom. The Kier molecular flexibility index (Phi) is 8.61. The fraction of sp³-hybridized carbons (Fsp3) is 0.192. The monoisotopic (exact) mass is 589 g/mol. The van der Waals surface area contributed by atoms with Crippen molar-refractivity contribution in [3.8, 4) is 11.5 Å². The van der Waals surface area contributed by atoms with E-state index < -0.39 is 28.5 Å². The predicted octanol–water partition coefficient (Wildman–Crippen LogP) is 5.35. The molecular weight excluding hydrogens is 569 g/mol. The van der Waals surface area contributed by atoms with Crippen LogP contribution in [0.5, 0.6) is 11.5 Å². The van der Waals surface area contributed by atoms with Crippen molar-refractivity contribution in [1.82, 2.24) is 10.2 Å². The molecular formula is C26H21Cl2N3O9. The van der Waals surface area contributed by atoms with Gasteiger partial charge in [0.15, 0.2) is 5.75 Å². The van der Waals surface area contributed by atoms with Crippen LogP contribution in [0.4, 0.5) is 10.5 Å². The largest absolute Gasteiger partial charge is 0.490 e. The molecule has 14 heteroatoms. The van der Waals surface area contributed by atoms with E-state index >= 15 is 0 Å². The van der Waals surface area contributed by atoms with Crippen molar-refractivity contribution in [3.05, 3.63) is 91.0 Å². The number of benzene rings is 2. The number of halogens is 2. The minimum Gasteiger partial charge on any atom is -0.490 e. The maximum atomic E-state index is 13.0. The zero-order valence-electron chi connectivity index (χ0n) is 21.1. The highest BCUT2D eigenvalue weighted by Gasteiger charge is 2.35. The van der Waals surface area contributed by atoms with Gasteiger partial charge in [0.2, 0.25) is 11.5 Å². The van der Waals surface area contributed by atoms with Gasteiger partial charge in [0.25, 0.3) is 5.91 Å². The molecule has 4 rings (SSSR count). The third kappa shape index (κ3) is 6.19. The van der Waals surface area contributed by atoms with Gasteiger partial charge in [-0.2, -0.15) is 0 Å². The van der Waals surface area contributed by atoms with Crippen LogP contribution < -0.4 is 14.8 Å². The Morgan fingerprint density at radius 1 is 1.15 bits per heavy atom. The summed E-state index contributed by atoms with van der Waals surface area (Å²) >= 11 is 12.1. The summed E-state index contributed by atoms with van der Waals surface area (Å²) in [6, 6.07) is 9.44. The van der Waals surface area contributed by atoms with Crippen LogP contribution in [0.1, 0.15) is 34.4 Å². The molecule has 0 aliphatic carbocycles. The van der Waals surface area contributed by atoms with Gasteiger partial charge < -0.3 is 23.9 Å². The molecule has 208 valence electrons. The molecule has 3 aromatic rings. The number of carbonyl (C=O) groups is 3. The lowest BCUT2D eigenvalue weighted by Gasteiger charge is -2.14. The van der Waals surface area contributed by atoms with Gasteiger partial charge in [-0.25, -0.2) is 9.59 Å². The van der Waals surface area contributed by atoms with Crippen LogP contribution in [-0.2, 0) is 22.7 Å². The van der Waals surface area contributed by atoms with Crippen molar-refractivity contribution < 1.29 is 37.9 Å². The number of nitro groups is 1. The number of carbonyl (C=O) groups excluding carboxylic acids is 3. The summed E-state index contributed by atoms with van der Waals surface area (Å²) in [7, 11) is 1.19. The lowest BCUT2D eigenvalue weighted by atomic mass is 10.1. The Morgan fingerprint density at radius 2 is 1.93 bits per heavy atom. The van der Waals surface area contributed by atoms with Crippen LogP contribution >= 0.6 is 23.2 Å². The second-order valence-electron chi connectivity index (χ2n) is 8.22. The van der Waals surface area contributed by atoms with Crippen LogP contribution in [0.15, 0.2) is 52.6 Å². The van der Waals surface area contributed by atoms with Gasteiger partial charge in [-0.3, -0.25) is 19.8 Å². The Hall–Kier alpha value is -4.55. The number of hydrogen-bond acceptors (Lipinski definition) is 9. The quantitative estimate of drug-likeness (QED) is 0.108. The number of hydrogen-bond donors (Lipinski definition) is 1. The molecule has 3 amide bonds. The molecule has 0 spiro atoms. The molecule has 1 aliphatic rings. The molecule has 0 saturated carbocycles. The number of nitrogens with zero attached hydrogens (tertiary/aromatic N) is 2. The van der Waals surface area contributed by atoms with Crippen molar-refractivity contribution in [2.24, 2.45) is 0 Å². The van der Waals surface area contributed by atoms with E-state index in [0.717, 1.165) is 4.90 Å². The van der Waals surface area contributed by atoms with Gasteiger partial charge in [0.05, 0.1) is 25.2 Å². The number of urea groups is 1. The van der Waals surface area contributed by atoms with Gasteiger partial charge in [-0.05, 0) is 48.9 Å². The zero-order chi connectivity index (χ0) is 29.0. The number of nitrogens with one attached hydrogen (secondary N) is 1. The average molecular weight is 590 g/mol. The fourth-order valence-corrected chi connectivity index (χ4v) is 4.20. The van der Waals surface area contributed by atoms with E-state index in [1.165, 1.54) is 43.5 Å². The summed E-state index contributed by atoms with van der Waals surface area (Å²) < 4.78 is 21.3. The summed E-state index contributed by atoms with van der Waals surface area (Å²) in [6.45, 7) is 1.49. The molecule has 2 heterocycles. The van der Waals surface area contributed by atoms with Gasteiger partial charge in [-0.1, -0.05) is 29.3 Å². The predicted molar refractivity (Wildman–Crippen MR) is 142 cm³/mol. The molecule has 0 unspecified atom stereocenters. The second-order valence-corrected chi connectivity index (χ2v) is 9.06. The number of imide groups is 1. The first-order valence-corrected chi connectivity index (χ1v) is 12.4. The average Bonchev–Trinajstić information content (AvgIpc) is 3.48. The van der Waals surface area contributed by atoms with E-state index in [0.29, 0.717) is 15.6 Å². The summed E-state index contributed by atoms with van der Waals surface area (Å²) in [5.41, 5.74) is 0.178. The first kappa shape index (κ1) is 28.5. The highest BCUT2D eigenvalue weighted by molar-refractivity contribution is 6.35. The van der Waals surface area contributed by atoms with Gasteiger partial charge >= 0.3 is 17.7 Å². The highest BCUT2D eigenvalue weighted by Crippen LogP contribution is 2.40. The number of methoxy groups -OCH3 is 1.